The molecule has 6 heteroatoms. The third kappa shape index (κ3) is 3.47. The number of carbonyl (C=O) groups is 1. The number of rotatable bonds is 4. The van der Waals surface area contributed by atoms with Crippen molar-refractivity contribution in [1.29, 1.82) is 0 Å². The first kappa shape index (κ1) is 16.6. The first-order chi connectivity index (χ1) is 12.0. The Morgan fingerprint density at radius 2 is 1.80 bits per heavy atom. The average Bonchev–Trinajstić information content (AvgIpc) is 2.56. The summed E-state index contributed by atoms with van der Waals surface area (Å²) in [5.41, 5.74) is 0.996. The summed E-state index contributed by atoms with van der Waals surface area (Å²) < 4.78 is 10.7. The van der Waals surface area contributed by atoms with Crippen LogP contribution in [0.5, 0.6) is 11.5 Å². The quantitative estimate of drug-likeness (QED) is 0.709. The predicted octanol–water partition coefficient (Wildman–Crippen LogP) is 2.98. The minimum Gasteiger partial charge on any atom is -0.508 e. The molecule has 3 aromatic rings. The molecule has 0 radical (unpaired) electrons. The number of fused-ring (bicyclic) bond motifs is 1. The fourth-order valence-electron chi connectivity index (χ4n) is 2.61. The second-order valence-corrected chi connectivity index (χ2v) is 5.48. The Kier molecular flexibility index (Phi) is 4.43. The van der Waals surface area contributed by atoms with E-state index < -0.39 is 5.97 Å². The van der Waals surface area contributed by atoms with Crippen LogP contribution in [0.4, 0.5) is 0 Å². The van der Waals surface area contributed by atoms with Crippen LogP contribution in [0.3, 0.4) is 0 Å². The zero-order chi connectivity index (χ0) is 18.0. The highest BCUT2D eigenvalue weighted by atomic mass is 16.5. The summed E-state index contributed by atoms with van der Waals surface area (Å²) in [4.78, 5) is 24.1. The van der Waals surface area contributed by atoms with Crippen molar-refractivity contribution < 1.29 is 24.2 Å². The maximum atomic E-state index is 12.3. The van der Waals surface area contributed by atoms with Crippen molar-refractivity contribution in [3.63, 3.8) is 0 Å². The van der Waals surface area contributed by atoms with E-state index in [1.165, 1.54) is 36.4 Å². The molecule has 0 atom stereocenters. The van der Waals surface area contributed by atoms with Crippen LogP contribution in [-0.2, 0) is 16.0 Å². The Balaban J connectivity index is 2.13. The lowest BCUT2D eigenvalue weighted by molar-refractivity contribution is -0.142. The van der Waals surface area contributed by atoms with Crippen molar-refractivity contribution in [3.8, 4) is 22.8 Å². The molecule has 0 aliphatic heterocycles. The number of phenolic OH excluding ortho intramolecular Hbond substituents is 2. The van der Waals surface area contributed by atoms with Gasteiger partial charge in [0.05, 0.1) is 18.4 Å². The van der Waals surface area contributed by atoms with E-state index in [0.717, 1.165) is 0 Å². The van der Waals surface area contributed by atoms with E-state index in [2.05, 4.69) is 0 Å². The van der Waals surface area contributed by atoms with E-state index in [-0.39, 0.29) is 41.1 Å². The molecule has 0 amide bonds. The van der Waals surface area contributed by atoms with Gasteiger partial charge in [-0.3, -0.25) is 9.59 Å². The molecule has 0 aliphatic rings. The molecule has 0 fully saturated rings. The Bertz CT molecular complexity index is 1000. The molecule has 2 N–H and O–H groups in total. The lowest BCUT2D eigenvalue weighted by Gasteiger charge is -2.10. The molecule has 0 unspecified atom stereocenters. The van der Waals surface area contributed by atoms with E-state index in [4.69, 9.17) is 9.15 Å². The van der Waals surface area contributed by atoms with Crippen LogP contribution in [0.1, 0.15) is 12.5 Å². The van der Waals surface area contributed by atoms with Crippen molar-refractivity contribution in [3.05, 3.63) is 58.3 Å². The van der Waals surface area contributed by atoms with E-state index in [9.17, 15) is 19.8 Å². The second kappa shape index (κ2) is 6.68. The molecule has 0 saturated heterocycles. The van der Waals surface area contributed by atoms with Gasteiger partial charge in [-0.15, -0.1) is 0 Å². The third-order valence-electron chi connectivity index (χ3n) is 3.71. The average molecular weight is 340 g/mol. The second-order valence-electron chi connectivity index (χ2n) is 5.48. The first-order valence-electron chi connectivity index (χ1n) is 7.72. The molecule has 2 aromatic carbocycles. The number of hydrogen-bond donors (Lipinski definition) is 2. The molecule has 128 valence electrons. The maximum Gasteiger partial charge on any atom is 0.310 e. The maximum absolute atomic E-state index is 12.3. The summed E-state index contributed by atoms with van der Waals surface area (Å²) in [6, 6.07) is 10.0. The molecule has 6 nitrogen and oxygen atoms in total. The van der Waals surface area contributed by atoms with Crippen molar-refractivity contribution in [1.82, 2.24) is 0 Å². The Labute approximate surface area is 142 Å². The number of phenols is 2. The monoisotopic (exact) mass is 340 g/mol. The highest BCUT2D eigenvalue weighted by Gasteiger charge is 2.15. The Hall–Kier alpha value is -3.28. The molecule has 3 rings (SSSR count). The van der Waals surface area contributed by atoms with Gasteiger partial charge < -0.3 is 19.4 Å². The number of carbonyl (C=O) groups excluding carboxylic acids is 1. The molecular formula is C19H16O6. The molecule has 0 spiro atoms. The van der Waals surface area contributed by atoms with Crippen LogP contribution < -0.4 is 5.43 Å². The fraction of sp³-hybridized carbons (Fsp3) is 0.158. The van der Waals surface area contributed by atoms with Gasteiger partial charge in [-0.05, 0) is 48.9 Å². The summed E-state index contributed by atoms with van der Waals surface area (Å²) in [5.74, 6) is -0.207. The van der Waals surface area contributed by atoms with Crippen molar-refractivity contribution >= 4 is 16.9 Å². The summed E-state index contributed by atoms with van der Waals surface area (Å²) in [6.07, 6.45) is -0.0606. The minimum absolute atomic E-state index is 0.00360. The van der Waals surface area contributed by atoms with Crippen molar-refractivity contribution in [2.45, 2.75) is 13.3 Å². The summed E-state index contributed by atoms with van der Waals surface area (Å²) in [6.45, 7) is 1.96. The number of hydrogen-bond acceptors (Lipinski definition) is 6. The molecule has 25 heavy (non-hydrogen) atoms. The number of aromatic hydroxyl groups is 2. The number of esters is 1. The van der Waals surface area contributed by atoms with Crippen LogP contribution >= 0.6 is 0 Å². The molecule has 0 aliphatic carbocycles. The normalized spacial score (nSPS) is 10.8. The largest absolute Gasteiger partial charge is 0.508 e. The van der Waals surface area contributed by atoms with E-state index in [0.29, 0.717) is 16.7 Å². The van der Waals surface area contributed by atoms with Crippen molar-refractivity contribution in [2.24, 2.45) is 0 Å². The van der Waals surface area contributed by atoms with Crippen LogP contribution in [0.15, 0.2) is 51.7 Å². The van der Waals surface area contributed by atoms with Gasteiger partial charge in [0.2, 0.25) is 0 Å². The van der Waals surface area contributed by atoms with Gasteiger partial charge in [0.25, 0.3) is 0 Å². The lowest BCUT2D eigenvalue weighted by atomic mass is 10.0. The van der Waals surface area contributed by atoms with E-state index in [1.807, 2.05) is 0 Å². The van der Waals surface area contributed by atoms with Gasteiger partial charge in [-0.25, -0.2) is 0 Å². The summed E-state index contributed by atoms with van der Waals surface area (Å²) >= 11 is 0. The van der Waals surface area contributed by atoms with Gasteiger partial charge in [0.15, 0.2) is 5.43 Å². The minimum atomic E-state index is -0.442. The third-order valence-corrected chi connectivity index (χ3v) is 3.71. The predicted molar refractivity (Wildman–Crippen MR) is 91.6 cm³/mol. The molecular weight excluding hydrogens is 324 g/mol. The van der Waals surface area contributed by atoms with Crippen LogP contribution in [0.25, 0.3) is 22.3 Å². The SMILES string of the molecule is CCOC(=O)Cc1cc(O)ccc1-c1cc(=O)c2cc(O)ccc2o1. The first-order valence-corrected chi connectivity index (χ1v) is 7.72. The summed E-state index contributed by atoms with van der Waals surface area (Å²) in [7, 11) is 0. The smallest absolute Gasteiger partial charge is 0.310 e. The number of benzene rings is 2. The standard InChI is InChI=1S/C19H16O6/c1-2-24-19(23)8-11-7-12(20)3-5-14(11)18-10-16(22)15-9-13(21)4-6-17(15)25-18/h3-7,9-10,20-21H,2,8H2,1H3. The molecule has 1 aromatic heterocycles. The topological polar surface area (TPSA) is 97.0 Å². The van der Waals surface area contributed by atoms with E-state index >= 15 is 0 Å². The lowest BCUT2D eigenvalue weighted by Crippen LogP contribution is -2.09. The highest BCUT2D eigenvalue weighted by Crippen LogP contribution is 2.29. The van der Waals surface area contributed by atoms with E-state index in [1.54, 1.807) is 13.0 Å². The van der Waals surface area contributed by atoms with Crippen LogP contribution in [-0.4, -0.2) is 22.8 Å². The van der Waals surface area contributed by atoms with Gasteiger partial charge in [0.1, 0.15) is 22.8 Å². The zero-order valence-corrected chi connectivity index (χ0v) is 13.5. The molecule has 0 saturated carbocycles. The van der Waals surface area contributed by atoms with Crippen LogP contribution in [0.2, 0.25) is 0 Å². The van der Waals surface area contributed by atoms with Gasteiger partial charge >= 0.3 is 5.97 Å². The number of ether oxygens (including phenoxy) is 1. The zero-order valence-electron chi connectivity index (χ0n) is 13.5. The Morgan fingerprint density at radius 1 is 1.08 bits per heavy atom. The van der Waals surface area contributed by atoms with Crippen LogP contribution in [0, 0.1) is 0 Å². The highest BCUT2D eigenvalue weighted by molar-refractivity contribution is 5.82. The van der Waals surface area contributed by atoms with Gasteiger partial charge in [-0.2, -0.15) is 0 Å². The fourth-order valence-corrected chi connectivity index (χ4v) is 2.61. The van der Waals surface area contributed by atoms with Gasteiger partial charge in [0, 0.05) is 11.6 Å². The summed E-state index contributed by atoms with van der Waals surface area (Å²) in [5, 5.41) is 19.5. The Morgan fingerprint density at radius 3 is 2.56 bits per heavy atom. The molecule has 0 bridgehead atoms. The molecule has 1 heterocycles. The van der Waals surface area contributed by atoms with Gasteiger partial charge in [-0.1, -0.05) is 0 Å². The van der Waals surface area contributed by atoms with Crippen molar-refractivity contribution in [2.75, 3.05) is 6.61 Å².